The fourth-order valence-electron chi connectivity index (χ4n) is 3.25. The fraction of sp³-hybridized carbons (Fsp3) is 0.375. The molecule has 0 atom stereocenters. The van der Waals surface area contributed by atoms with Gasteiger partial charge < -0.3 is 23.8 Å². The third-order valence-corrected chi connectivity index (χ3v) is 4.69. The van der Waals surface area contributed by atoms with E-state index in [4.69, 9.17) is 18.9 Å². The minimum atomic E-state index is -0.0707. The van der Waals surface area contributed by atoms with E-state index in [1.807, 2.05) is 57.2 Å². The highest BCUT2D eigenvalue weighted by Crippen LogP contribution is 2.34. The van der Waals surface area contributed by atoms with Crippen LogP contribution >= 0.6 is 0 Å². The monoisotopic (exact) mass is 411 g/mol. The smallest absolute Gasteiger partial charge is 0.246 e. The summed E-state index contributed by atoms with van der Waals surface area (Å²) in [6, 6.07) is 11.4. The van der Waals surface area contributed by atoms with Gasteiger partial charge in [0.2, 0.25) is 5.91 Å². The lowest BCUT2D eigenvalue weighted by Gasteiger charge is -2.24. The Hall–Kier alpha value is -3.15. The molecule has 0 bridgehead atoms. The summed E-state index contributed by atoms with van der Waals surface area (Å²) in [6.45, 7) is 9.04. The van der Waals surface area contributed by atoms with E-state index in [0.29, 0.717) is 51.0 Å². The Labute approximate surface area is 178 Å². The van der Waals surface area contributed by atoms with E-state index in [2.05, 4.69) is 0 Å². The number of carbonyl (C=O) groups excluding carboxylic acids is 1. The van der Waals surface area contributed by atoms with Gasteiger partial charge in [-0.1, -0.05) is 18.2 Å². The molecule has 0 N–H and O–H groups in total. The maximum Gasteiger partial charge on any atom is 0.246 e. The number of ether oxygens (including phenoxy) is 4. The van der Waals surface area contributed by atoms with Gasteiger partial charge in [0.1, 0.15) is 13.2 Å². The Morgan fingerprint density at radius 3 is 2.57 bits per heavy atom. The minimum absolute atomic E-state index is 0.0707. The van der Waals surface area contributed by atoms with Gasteiger partial charge in [-0.15, -0.1) is 0 Å². The van der Waals surface area contributed by atoms with Crippen molar-refractivity contribution < 1.29 is 23.7 Å². The van der Waals surface area contributed by atoms with E-state index < -0.39 is 0 Å². The number of hydrogen-bond acceptors (Lipinski definition) is 5. The number of hydrogen-bond donors (Lipinski definition) is 0. The lowest BCUT2D eigenvalue weighted by atomic mass is 10.1. The Morgan fingerprint density at radius 2 is 1.80 bits per heavy atom. The quantitative estimate of drug-likeness (QED) is 0.575. The molecule has 3 rings (SSSR count). The summed E-state index contributed by atoms with van der Waals surface area (Å²) in [5.74, 6) is 2.77. The third-order valence-electron chi connectivity index (χ3n) is 4.69. The number of fused-ring (bicyclic) bond motifs is 1. The SMILES string of the molecule is CCOc1ccc(/C=C/C(=O)N(CC)Cc2cccc3c2OCCO3)cc1OCC. The lowest BCUT2D eigenvalue weighted by Crippen LogP contribution is -2.29. The fourth-order valence-corrected chi connectivity index (χ4v) is 3.25. The Balaban J connectivity index is 1.72. The molecule has 0 unspecified atom stereocenters. The second-order valence-electron chi connectivity index (χ2n) is 6.70. The topological polar surface area (TPSA) is 57.2 Å². The molecule has 0 aliphatic carbocycles. The summed E-state index contributed by atoms with van der Waals surface area (Å²) < 4.78 is 22.7. The van der Waals surface area contributed by atoms with Gasteiger partial charge in [-0.2, -0.15) is 0 Å². The van der Waals surface area contributed by atoms with Crippen molar-refractivity contribution in [2.24, 2.45) is 0 Å². The molecular formula is C24H29NO5. The number of likely N-dealkylation sites (N-methyl/N-ethyl adjacent to an activating group) is 1. The first kappa shape index (κ1) is 21.6. The Kier molecular flexibility index (Phi) is 7.60. The van der Waals surface area contributed by atoms with Crippen LogP contribution in [0.5, 0.6) is 23.0 Å². The van der Waals surface area contributed by atoms with Gasteiger partial charge in [0, 0.05) is 24.7 Å². The molecule has 6 heteroatoms. The molecule has 30 heavy (non-hydrogen) atoms. The van der Waals surface area contributed by atoms with Crippen molar-refractivity contribution in [3.63, 3.8) is 0 Å². The van der Waals surface area contributed by atoms with Gasteiger partial charge in [0.15, 0.2) is 23.0 Å². The largest absolute Gasteiger partial charge is 0.490 e. The van der Waals surface area contributed by atoms with E-state index in [1.54, 1.807) is 17.1 Å². The molecule has 1 aliphatic rings. The zero-order valence-corrected chi connectivity index (χ0v) is 17.8. The van der Waals surface area contributed by atoms with Crippen molar-refractivity contribution in [3.05, 3.63) is 53.6 Å². The van der Waals surface area contributed by atoms with Gasteiger partial charge in [0.25, 0.3) is 0 Å². The normalized spacial score (nSPS) is 12.6. The highest BCUT2D eigenvalue weighted by molar-refractivity contribution is 5.91. The van der Waals surface area contributed by atoms with Crippen LogP contribution in [0.3, 0.4) is 0 Å². The van der Waals surface area contributed by atoms with Crippen molar-refractivity contribution in [1.29, 1.82) is 0 Å². The van der Waals surface area contributed by atoms with Crippen molar-refractivity contribution >= 4 is 12.0 Å². The molecule has 6 nitrogen and oxygen atoms in total. The number of rotatable bonds is 9. The molecule has 2 aromatic carbocycles. The summed E-state index contributed by atoms with van der Waals surface area (Å²) in [5.41, 5.74) is 1.82. The predicted octanol–water partition coefficient (Wildman–Crippen LogP) is 4.32. The van der Waals surface area contributed by atoms with Crippen LogP contribution < -0.4 is 18.9 Å². The average molecular weight is 411 g/mol. The third kappa shape index (κ3) is 5.26. The van der Waals surface area contributed by atoms with Gasteiger partial charge in [0.05, 0.1) is 13.2 Å². The van der Waals surface area contributed by atoms with Gasteiger partial charge >= 0.3 is 0 Å². The first-order chi connectivity index (χ1) is 14.7. The summed E-state index contributed by atoms with van der Waals surface area (Å²) in [5, 5.41) is 0. The summed E-state index contributed by atoms with van der Waals surface area (Å²) in [6.07, 6.45) is 3.38. The molecule has 2 aromatic rings. The van der Waals surface area contributed by atoms with Gasteiger partial charge in [-0.05, 0) is 50.6 Å². The highest BCUT2D eigenvalue weighted by atomic mass is 16.6. The second kappa shape index (κ2) is 10.6. The van der Waals surface area contributed by atoms with Crippen molar-refractivity contribution in [1.82, 2.24) is 4.90 Å². The molecular weight excluding hydrogens is 382 g/mol. The first-order valence-electron chi connectivity index (χ1n) is 10.4. The van der Waals surface area contributed by atoms with Gasteiger partial charge in [-0.25, -0.2) is 0 Å². The van der Waals surface area contributed by atoms with E-state index in [-0.39, 0.29) is 5.91 Å². The van der Waals surface area contributed by atoms with Crippen LogP contribution in [0.1, 0.15) is 31.9 Å². The van der Waals surface area contributed by atoms with E-state index >= 15 is 0 Å². The zero-order chi connectivity index (χ0) is 21.3. The van der Waals surface area contributed by atoms with Crippen LogP contribution in [-0.4, -0.2) is 43.8 Å². The molecule has 0 radical (unpaired) electrons. The van der Waals surface area contributed by atoms with E-state index in [0.717, 1.165) is 22.6 Å². The molecule has 0 spiro atoms. The molecule has 1 aliphatic heterocycles. The number of para-hydroxylation sites is 1. The van der Waals surface area contributed by atoms with E-state index in [1.165, 1.54) is 0 Å². The predicted molar refractivity (Wildman–Crippen MR) is 116 cm³/mol. The Bertz CT molecular complexity index is 893. The molecule has 0 aromatic heterocycles. The minimum Gasteiger partial charge on any atom is -0.490 e. The average Bonchev–Trinajstić information content (AvgIpc) is 2.77. The molecule has 0 saturated carbocycles. The number of benzene rings is 2. The second-order valence-corrected chi connectivity index (χ2v) is 6.70. The summed E-state index contributed by atoms with van der Waals surface area (Å²) in [4.78, 5) is 14.6. The van der Waals surface area contributed by atoms with Crippen LogP contribution in [0.4, 0.5) is 0 Å². The molecule has 1 heterocycles. The van der Waals surface area contributed by atoms with Crippen LogP contribution in [0.15, 0.2) is 42.5 Å². The van der Waals surface area contributed by atoms with Crippen LogP contribution in [0.2, 0.25) is 0 Å². The first-order valence-corrected chi connectivity index (χ1v) is 10.4. The van der Waals surface area contributed by atoms with Gasteiger partial charge in [-0.3, -0.25) is 4.79 Å². The Morgan fingerprint density at radius 1 is 1.03 bits per heavy atom. The van der Waals surface area contributed by atoms with Crippen molar-refractivity contribution in [3.8, 4) is 23.0 Å². The zero-order valence-electron chi connectivity index (χ0n) is 17.8. The molecule has 1 amide bonds. The van der Waals surface area contributed by atoms with Crippen LogP contribution in [0.25, 0.3) is 6.08 Å². The summed E-state index contributed by atoms with van der Waals surface area (Å²) >= 11 is 0. The number of amides is 1. The van der Waals surface area contributed by atoms with Crippen LogP contribution in [-0.2, 0) is 11.3 Å². The molecule has 0 fully saturated rings. The molecule has 160 valence electrons. The van der Waals surface area contributed by atoms with Crippen molar-refractivity contribution in [2.75, 3.05) is 33.0 Å². The maximum atomic E-state index is 12.8. The van der Waals surface area contributed by atoms with Crippen molar-refractivity contribution in [2.45, 2.75) is 27.3 Å². The highest BCUT2D eigenvalue weighted by Gasteiger charge is 2.18. The van der Waals surface area contributed by atoms with E-state index in [9.17, 15) is 4.79 Å². The molecule has 0 saturated heterocycles. The summed E-state index contributed by atoms with van der Waals surface area (Å²) in [7, 11) is 0. The standard InChI is InChI=1S/C24H29NO5/c1-4-25(17-19-8-7-9-21-24(19)30-15-14-29-21)23(26)13-11-18-10-12-20(27-5-2)22(16-18)28-6-3/h7-13,16H,4-6,14-15,17H2,1-3H3/b13-11+. The number of carbonyl (C=O) groups is 1. The van der Waals surface area contributed by atoms with Crippen LogP contribution in [0, 0.1) is 0 Å². The maximum absolute atomic E-state index is 12.8. The lowest BCUT2D eigenvalue weighted by molar-refractivity contribution is -0.126. The number of nitrogens with zero attached hydrogens (tertiary/aromatic N) is 1.